The summed E-state index contributed by atoms with van der Waals surface area (Å²) in [5, 5.41) is 0.467. The van der Waals surface area contributed by atoms with Crippen LogP contribution in [0.2, 0.25) is 5.02 Å². The molecule has 0 fully saturated rings. The molecule has 0 aliphatic carbocycles. The summed E-state index contributed by atoms with van der Waals surface area (Å²) in [4.78, 5) is 34.6. The third-order valence-corrected chi connectivity index (χ3v) is 2.59. The molecule has 5 nitrogen and oxygen atoms in total. The lowest BCUT2D eigenvalue weighted by Gasteiger charge is -2.01. The van der Waals surface area contributed by atoms with Crippen LogP contribution in [0.15, 0.2) is 33.7 Å². The van der Waals surface area contributed by atoms with Crippen molar-refractivity contribution >= 4 is 34.3 Å². The molecule has 0 atom stereocenters. The zero-order valence-electron chi connectivity index (χ0n) is 9.23. The Labute approximate surface area is 106 Å². The first-order valence-electron chi connectivity index (χ1n) is 4.88. The topological polar surface area (TPSA) is 73.6 Å². The highest BCUT2D eigenvalue weighted by atomic mass is 35.5. The van der Waals surface area contributed by atoms with E-state index in [9.17, 15) is 14.4 Å². The monoisotopic (exact) mass is 266 g/mol. The maximum atomic E-state index is 12.0. The lowest BCUT2D eigenvalue weighted by atomic mass is 10.1. The molecule has 1 aromatic heterocycles. The van der Waals surface area contributed by atoms with E-state index >= 15 is 0 Å². The van der Waals surface area contributed by atoms with Crippen molar-refractivity contribution in [1.82, 2.24) is 0 Å². The molecule has 0 amide bonds. The maximum Gasteiger partial charge on any atom is 0.379 e. The van der Waals surface area contributed by atoms with Crippen LogP contribution in [0.3, 0.4) is 0 Å². The second-order valence-corrected chi connectivity index (χ2v) is 3.88. The summed E-state index contributed by atoms with van der Waals surface area (Å²) < 4.78 is 9.37. The molecule has 0 saturated heterocycles. The van der Waals surface area contributed by atoms with Crippen LogP contribution in [0.1, 0.15) is 10.4 Å². The normalized spacial score (nSPS) is 10.3. The van der Waals surface area contributed by atoms with Gasteiger partial charge in [-0.05, 0) is 18.2 Å². The van der Waals surface area contributed by atoms with Crippen LogP contribution in [0.5, 0.6) is 0 Å². The van der Waals surface area contributed by atoms with Crippen LogP contribution in [0.25, 0.3) is 11.0 Å². The van der Waals surface area contributed by atoms with E-state index in [1.807, 2.05) is 0 Å². The standard InChI is InChI=1S/C12H7ClO5/c1-17-12(16)11(15)8-5-18-9-3-2-6(13)4-7(9)10(8)14/h2-5H,1H3. The molecular formula is C12H7ClO5. The van der Waals surface area contributed by atoms with E-state index in [4.69, 9.17) is 16.0 Å². The van der Waals surface area contributed by atoms with Crippen LogP contribution in [0, 0.1) is 0 Å². The first-order chi connectivity index (χ1) is 8.54. The number of methoxy groups -OCH3 is 1. The minimum Gasteiger partial charge on any atom is -0.463 e. The van der Waals surface area contributed by atoms with E-state index in [1.165, 1.54) is 12.1 Å². The van der Waals surface area contributed by atoms with Gasteiger partial charge in [0.25, 0.3) is 5.78 Å². The van der Waals surface area contributed by atoms with Gasteiger partial charge in [-0.1, -0.05) is 11.6 Å². The van der Waals surface area contributed by atoms with Gasteiger partial charge in [-0.3, -0.25) is 9.59 Å². The van der Waals surface area contributed by atoms with E-state index < -0.39 is 17.2 Å². The van der Waals surface area contributed by atoms with Gasteiger partial charge in [0.15, 0.2) is 0 Å². The number of Topliss-reactive ketones (excluding diaryl/α,β-unsaturated/α-hetero) is 1. The fourth-order valence-electron chi connectivity index (χ4n) is 1.46. The molecule has 18 heavy (non-hydrogen) atoms. The van der Waals surface area contributed by atoms with Gasteiger partial charge in [0.1, 0.15) is 17.4 Å². The minimum atomic E-state index is -1.12. The minimum absolute atomic E-state index is 0.136. The molecule has 2 aromatic rings. The predicted octanol–water partition coefficient (Wildman–Crippen LogP) is 1.80. The van der Waals surface area contributed by atoms with Crippen molar-refractivity contribution in [3.63, 3.8) is 0 Å². The van der Waals surface area contributed by atoms with Crippen molar-refractivity contribution in [1.29, 1.82) is 0 Å². The van der Waals surface area contributed by atoms with E-state index in [0.717, 1.165) is 13.4 Å². The van der Waals surface area contributed by atoms with Gasteiger partial charge in [-0.15, -0.1) is 0 Å². The molecule has 0 spiro atoms. The molecule has 6 heteroatoms. The fraction of sp³-hybridized carbons (Fsp3) is 0.0833. The average Bonchev–Trinajstić information content (AvgIpc) is 2.38. The average molecular weight is 267 g/mol. The molecule has 0 aliphatic heterocycles. The van der Waals surface area contributed by atoms with Crippen molar-refractivity contribution in [2.75, 3.05) is 7.11 Å². The van der Waals surface area contributed by atoms with Gasteiger partial charge >= 0.3 is 5.97 Å². The van der Waals surface area contributed by atoms with Gasteiger partial charge in [0.05, 0.1) is 12.5 Å². The maximum absolute atomic E-state index is 12.0. The molecule has 2 rings (SSSR count). The van der Waals surface area contributed by atoms with Crippen molar-refractivity contribution in [2.45, 2.75) is 0 Å². The number of fused-ring (bicyclic) bond motifs is 1. The zero-order valence-corrected chi connectivity index (χ0v) is 9.98. The largest absolute Gasteiger partial charge is 0.463 e. The summed E-state index contributed by atoms with van der Waals surface area (Å²) in [5.41, 5.74) is -0.711. The summed E-state index contributed by atoms with van der Waals surface area (Å²) in [6.07, 6.45) is 0.942. The molecule has 0 unspecified atom stereocenters. The van der Waals surface area contributed by atoms with Gasteiger partial charge in [0.2, 0.25) is 5.43 Å². The Morgan fingerprint density at radius 2 is 2.06 bits per heavy atom. The summed E-state index contributed by atoms with van der Waals surface area (Å²) in [7, 11) is 1.06. The van der Waals surface area contributed by atoms with Gasteiger partial charge in [0, 0.05) is 5.02 Å². The predicted molar refractivity (Wildman–Crippen MR) is 63.8 cm³/mol. The second-order valence-electron chi connectivity index (χ2n) is 3.44. The number of hydrogen-bond acceptors (Lipinski definition) is 5. The molecule has 0 radical (unpaired) electrons. The number of rotatable bonds is 2. The Balaban J connectivity index is 2.68. The molecule has 1 aromatic carbocycles. The van der Waals surface area contributed by atoms with Gasteiger partial charge in [-0.2, -0.15) is 0 Å². The van der Waals surface area contributed by atoms with Crippen molar-refractivity contribution in [3.8, 4) is 0 Å². The van der Waals surface area contributed by atoms with Gasteiger partial charge < -0.3 is 9.15 Å². The van der Waals surface area contributed by atoms with E-state index in [2.05, 4.69) is 4.74 Å². The van der Waals surface area contributed by atoms with Crippen LogP contribution in [-0.2, 0) is 9.53 Å². The smallest absolute Gasteiger partial charge is 0.379 e. The highest BCUT2D eigenvalue weighted by Crippen LogP contribution is 2.17. The number of carbonyl (C=O) groups is 2. The quantitative estimate of drug-likeness (QED) is 0.471. The lowest BCUT2D eigenvalue weighted by Crippen LogP contribution is -2.23. The Kier molecular flexibility index (Phi) is 3.16. The summed E-state index contributed by atoms with van der Waals surface area (Å²) >= 11 is 5.76. The summed E-state index contributed by atoms with van der Waals surface area (Å²) in [6, 6.07) is 4.43. The van der Waals surface area contributed by atoms with E-state index in [-0.39, 0.29) is 16.5 Å². The number of ketones is 1. The fourth-order valence-corrected chi connectivity index (χ4v) is 1.63. The Hall–Kier alpha value is -2.14. The van der Waals surface area contributed by atoms with Gasteiger partial charge in [-0.25, -0.2) is 4.79 Å². The van der Waals surface area contributed by atoms with Crippen molar-refractivity contribution in [2.24, 2.45) is 0 Å². The third-order valence-electron chi connectivity index (χ3n) is 2.35. The second kappa shape index (κ2) is 4.62. The summed E-state index contributed by atoms with van der Waals surface area (Å²) in [5.74, 6) is -2.17. The first-order valence-corrected chi connectivity index (χ1v) is 5.26. The van der Waals surface area contributed by atoms with Crippen LogP contribution in [-0.4, -0.2) is 18.9 Å². The Morgan fingerprint density at radius 1 is 1.33 bits per heavy atom. The molecular weight excluding hydrogens is 260 g/mol. The number of hydrogen-bond donors (Lipinski definition) is 0. The van der Waals surface area contributed by atoms with Crippen LogP contribution < -0.4 is 5.43 Å². The van der Waals surface area contributed by atoms with E-state index in [0.29, 0.717) is 5.02 Å². The van der Waals surface area contributed by atoms with Crippen LogP contribution in [0.4, 0.5) is 0 Å². The lowest BCUT2D eigenvalue weighted by molar-refractivity contribution is -0.135. The number of benzene rings is 1. The molecule has 1 heterocycles. The number of halogens is 1. The molecule has 0 saturated carbocycles. The Bertz CT molecular complexity index is 701. The highest BCUT2D eigenvalue weighted by molar-refractivity contribution is 6.40. The van der Waals surface area contributed by atoms with Crippen molar-refractivity contribution < 1.29 is 18.7 Å². The first kappa shape index (κ1) is 12.3. The van der Waals surface area contributed by atoms with Crippen molar-refractivity contribution in [3.05, 3.63) is 45.3 Å². The molecule has 0 aliphatic rings. The molecule has 0 bridgehead atoms. The number of ether oxygens (including phenoxy) is 1. The Morgan fingerprint density at radius 3 is 2.72 bits per heavy atom. The van der Waals surface area contributed by atoms with E-state index in [1.54, 1.807) is 6.07 Å². The summed E-state index contributed by atoms with van der Waals surface area (Å²) in [6.45, 7) is 0. The number of esters is 1. The third kappa shape index (κ3) is 2.00. The highest BCUT2D eigenvalue weighted by Gasteiger charge is 2.22. The molecule has 0 N–H and O–H groups in total. The van der Waals surface area contributed by atoms with Crippen LogP contribution >= 0.6 is 11.6 Å². The molecule has 92 valence electrons. The zero-order chi connectivity index (χ0) is 13.3. The SMILES string of the molecule is COC(=O)C(=O)c1coc2ccc(Cl)cc2c1=O. The number of carbonyl (C=O) groups excluding carboxylic acids is 2.